The van der Waals surface area contributed by atoms with E-state index < -0.39 is 0 Å². The fourth-order valence-electron chi connectivity index (χ4n) is 2.27. The Morgan fingerprint density at radius 3 is 2.79 bits per heavy atom. The molecule has 0 aliphatic carbocycles. The van der Waals surface area contributed by atoms with Crippen LogP contribution in [0.2, 0.25) is 0 Å². The molecule has 1 N–H and O–H groups in total. The average molecular weight is 248 g/mol. The van der Waals surface area contributed by atoms with Crippen LogP contribution < -0.4 is 5.32 Å². The predicted octanol–water partition coefficient (Wildman–Crippen LogP) is 4.16. The van der Waals surface area contributed by atoms with Crippen molar-refractivity contribution in [1.82, 2.24) is 4.98 Å². The fourth-order valence-corrected chi connectivity index (χ4v) is 2.27. The van der Waals surface area contributed by atoms with Crippen LogP contribution in [-0.4, -0.2) is 4.98 Å². The van der Waals surface area contributed by atoms with Crippen LogP contribution in [0.1, 0.15) is 11.1 Å². The van der Waals surface area contributed by atoms with E-state index in [0.29, 0.717) is 0 Å². The van der Waals surface area contributed by atoms with Gasteiger partial charge in [0.25, 0.3) is 0 Å². The smallest absolute Gasteiger partial charge is 0.0722 e. The summed E-state index contributed by atoms with van der Waals surface area (Å²) in [5.41, 5.74) is 4.74. The third-order valence-corrected chi connectivity index (χ3v) is 3.21. The third-order valence-electron chi connectivity index (χ3n) is 3.21. The highest BCUT2D eigenvalue weighted by atomic mass is 14.9. The highest BCUT2D eigenvalue weighted by molar-refractivity contribution is 5.90. The molecule has 0 bridgehead atoms. The molecule has 0 spiro atoms. The van der Waals surface area contributed by atoms with Crippen LogP contribution in [0.5, 0.6) is 0 Å². The van der Waals surface area contributed by atoms with Gasteiger partial charge in [-0.3, -0.25) is 4.98 Å². The number of hydrogen-bond acceptors (Lipinski definition) is 2. The Kier molecular flexibility index (Phi) is 3.15. The van der Waals surface area contributed by atoms with E-state index in [1.165, 1.54) is 11.1 Å². The van der Waals surface area contributed by atoms with Crippen LogP contribution >= 0.6 is 0 Å². The molecular formula is C17H16N2. The Labute approximate surface area is 113 Å². The maximum absolute atomic E-state index is 4.37. The number of nitrogens with one attached hydrogen (secondary N) is 1. The Morgan fingerprint density at radius 2 is 1.89 bits per heavy atom. The molecule has 0 amide bonds. The molecule has 0 fully saturated rings. The predicted molar refractivity (Wildman–Crippen MR) is 80.2 cm³/mol. The molecule has 0 saturated carbocycles. The number of nitrogens with zero attached hydrogens (tertiary/aromatic N) is 1. The van der Waals surface area contributed by atoms with Crippen molar-refractivity contribution in [3.8, 4) is 0 Å². The molecule has 3 rings (SSSR count). The molecule has 1 aromatic heterocycles. The first-order valence-corrected chi connectivity index (χ1v) is 6.46. The zero-order valence-corrected chi connectivity index (χ0v) is 10.9. The maximum Gasteiger partial charge on any atom is 0.0722 e. The molecule has 19 heavy (non-hydrogen) atoms. The first-order valence-electron chi connectivity index (χ1n) is 6.46. The van der Waals surface area contributed by atoms with Gasteiger partial charge in [-0.2, -0.15) is 0 Å². The molecule has 0 aliphatic heterocycles. The van der Waals surface area contributed by atoms with Gasteiger partial charge >= 0.3 is 0 Å². The standard InChI is InChI=1S/C17H16N2/c1-13-5-4-6-14(11-13)12-19-17-9-10-18-16-8-3-2-7-15(16)17/h2-11H,12H2,1H3,(H,18,19). The average Bonchev–Trinajstić information content (AvgIpc) is 2.45. The van der Waals surface area contributed by atoms with E-state index in [0.717, 1.165) is 23.1 Å². The van der Waals surface area contributed by atoms with E-state index in [4.69, 9.17) is 0 Å². The van der Waals surface area contributed by atoms with Crippen molar-refractivity contribution in [3.63, 3.8) is 0 Å². The molecule has 2 heteroatoms. The number of benzene rings is 2. The van der Waals surface area contributed by atoms with Gasteiger partial charge in [0, 0.05) is 23.8 Å². The number of pyridine rings is 1. The van der Waals surface area contributed by atoms with Crippen molar-refractivity contribution in [1.29, 1.82) is 0 Å². The Hall–Kier alpha value is -2.35. The van der Waals surface area contributed by atoms with Crippen molar-refractivity contribution in [3.05, 3.63) is 71.9 Å². The number of hydrogen-bond donors (Lipinski definition) is 1. The molecule has 0 unspecified atom stereocenters. The Morgan fingerprint density at radius 1 is 1.00 bits per heavy atom. The fraction of sp³-hybridized carbons (Fsp3) is 0.118. The van der Waals surface area contributed by atoms with Gasteiger partial charge in [0.2, 0.25) is 0 Å². The van der Waals surface area contributed by atoms with Gasteiger partial charge in [0.15, 0.2) is 0 Å². The number of para-hydroxylation sites is 1. The largest absolute Gasteiger partial charge is 0.380 e. The highest BCUT2D eigenvalue weighted by Gasteiger charge is 2.00. The molecule has 3 aromatic rings. The Balaban J connectivity index is 1.86. The molecule has 0 aliphatic rings. The summed E-state index contributed by atoms with van der Waals surface area (Å²) < 4.78 is 0. The van der Waals surface area contributed by atoms with Gasteiger partial charge in [-0.15, -0.1) is 0 Å². The summed E-state index contributed by atoms with van der Waals surface area (Å²) in [5.74, 6) is 0. The summed E-state index contributed by atoms with van der Waals surface area (Å²) in [4.78, 5) is 4.37. The molecule has 1 heterocycles. The minimum atomic E-state index is 0.829. The monoisotopic (exact) mass is 248 g/mol. The summed E-state index contributed by atoms with van der Waals surface area (Å²) in [6, 6.07) is 18.8. The highest BCUT2D eigenvalue weighted by Crippen LogP contribution is 2.21. The molecule has 0 saturated heterocycles. The van der Waals surface area contributed by atoms with E-state index in [1.54, 1.807) is 0 Å². The van der Waals surface area contributed by atoms with Crippen molar-refractivity contribution >= 4 is 16.6 Å². The summed E-state index contributed by atoms with van der Waals surface area (Å²) >= 11 is 0. The van der Waals surface area contributed by atoms with Crippen LogP contribution in [0.3, 0.4) is 0 Å². The second kappa shape index (κ2) is 5.11. The van der Waals surface area contributed by atoms with Gasteiger partial charge in [-0.25, -0.2) is 0 Å². The lowest BCUT2D eigenvalue weighted by atomic mass is 10.1. The third kappa shape index (κ3) is 2.58. The summed E-state index contributed by atoms with van der Waals surface area (Å²) in [5, 5.41) is 4.66. The number of anilines is 1. The van der Waals surface area contributed by atoms with Gasteiger partial charge in [-0.05, 0) is 24.6 Å². The second-order valence-corrected chi connectivity index (χ2v) is 4.72. The van der Waals surface area contributed by atoms with Gasteiger partial charge in [0.1, 0.15) is 0 Å². The maximum atomic E-state index is 4.37. The first-order chi connectivity index (χ1) is 9.33. The van der Waals surface area contributed by atoms with Gasteiger partial charge < -0.3 is 5.32 Å². The molecule has 94 valence electrons. The van der Waals surface area contributed by atoms with Crippen molar-refractivity contribution < 1.29 is 0 Å². The minimum Gasteiger partial charge on any atom is -0.380 e. The van der Waals surface area contributed by atoms with Crippen molar-refractivity contribution in [2.24, 2.45) is 0 Å². The lowest BCUT2D eigenvalue weighted by molar-refractivity contribution is 1.14. The van der Waals surface area contributed by atoms with Crippen LogP contribution in [0.15, 0.2) is 60.8 Å². The zero-order chi connectivity index (χ0) is 13.1. The van der Waals surface area contributed by atoms with Gasteiger partial charge in [0.05, 0.1) is 5.52 Å². The van der Waals surface area contributed by atoms with Crippen molar-refractivity contribution in [2.75, 3.05) is 5.32 Å². The number of fused-ring (bicyclic) bond motifs is 1. The van der Waals surface area contributed by atoms with Crippen LogP contribution in [0.25, 0.3) is 10.9 Å². The number of aromatic nitrogens is 1. The zero-order valence-electron chi connectivity index (χ0n) is 10.9. The quantitative estimate of drug-likeness (QED) is 0.753. The normalized spacial score (nSPS) is 10.6. The minimum absolute atomic E-state index is 0.829. The lowest BCUT2D eigenvalue weighted by Gasteiger charge is -2.09. The molecule has 0 radical (unpaired) electrons. The molecular weight excluding hydrogens is 232 g/mol. The molecule has 0 atom stereocenters. The van der Waals surface area contributed by atoms with Crippen LogP contribution in [0.4, 0.5) is 5.69 Å². The van der Waals surface area contributed by atoms with E-state index in [9.17, 15) is 0 Å². The number of aryl methyl sites for hydroxylation is 1. The van der Waals surface area contributed by atoms with Gasteiger partial charge in [-0.1, -0.05) is 48.0 Å². The summed E-state index contributed by atoms with van der Waals surface area (Å²) in [6.07, 6.45) is 1.85. The first kappa shape index (κ1) is 11.7. The van der Waals surface area contributed by atoms with E-state index in [-0.39, 0.29) is 0 Å². The van der Waals surface area contributed by atoms with E-state index in [2.05, 4.69) is 47.6 Å². The summed E-state index contributed by atoms with van der Waals surface area (Å²) in [7, 11) is 0. The lowest BCUT2D eigenvalue weighted by Crippen LogP contribution is -2.00. The van der Waals surface area contributed by atoms with E-state index in [1.807, 2.05) is 30.5 Å². The number of rotatable bonds is 3. The second-order valence-electron chi connectivity index (χ2n) is 4.72. The van der Waals surface area contributed by atoms with Crippen LogP contribution in [-0.2, 0) is 6.54 Å². The summed E-state index contributed by atoms with van der Waals surface area (Å²) in [6.45, 7) is 2.95. The van der Waals surface area contributed by atoms with Crippen LogP contribution in [0, 0.1) is 6.92 Å². The van der Waals surface area contributed by atoms with Crippen molar-refractivity contribution in [2.45, 2.75) is 13.5 Å². The van der Waals surface area contributed by atoms with E-state index >= 15 is 0 Å². The Bertz CT molecular complexity index is 699. The SMILES string of the molecule is Cc1cccc(CNc2ccnc3ccccc23)c1. The molecule has 2 aromatic carbocycles. The molecule has 2 nitrogen and oxygen atoms in total. The topological polar surface area (TPSA) is 24.9 Å².